The van der Waals surface area contributed by atoms with Crippen molar-refractivity contribution in [3.63, 3.8) is 0 Å². The SMILES string of the molecule is CC(=O)c1ccc(NC(=O)N2CCC(=O)N3[C@@H]2CN(CCc2cccc(F)c2)C(=O)[C@@H]3CSCc2ccccc2)cc1. The zero-order valence-electron chi connectivity index (χ0n) is 23.4. The molecule has 2 saturated heterocycles. The summed E-state index contributed by atoms with van der Waals surface area (Å²) < 4.78 is 13.8. The number of carbonyl (C=O) groups is 4. The Balaban J connectivity index is 1.36. The van der Waals surface area contributed by atoms with Crippen LogP contribution in [0.3, 0.4) is 0 Å². The Bertz CT molecular complexity index is 1450. The van der Waals surface area contributed by atoms with Gasteiger partial charge in [0.1, 0.15) is 18.0 Å². The first-order valence-electron chi connectivity index (χ1n) is 13.9. The topological polar surface area (TPSA) is 90.0 Å². The minimum absolute atomic E-state index is 0.0700. The predicted molar refractivity (Wildman–Crippen MR) is 160 cm³/mol. The van der Waals surface area contributed by atoms with Gasteiger partial charge in [0.15, 0.2) is 5.78 Å². The molecule has 3 aromatic rings. The average Bonchev–Trinajstić information content (AvgIpc) is 2.98. The molecule has 8 nitrogen and oxygen atoms in total. The number of rotatable bonds is 9. The van der Waals surface area contributed by atoms with Crippen molar-refractivity contribution in [2.45, 2.75) is 37.7 Å². The fraction of sp³-hybridized carbons (Fsp3) is 0.312. The second-order valence-electron chi connectivity index (χ2n) is 10.5. The molecule has 2 aliphatic rings. The van der Waals surface area contributed by atoms with E-state index in [1.807, 2.05) is 36.4 Å². The number of halogens is 1. The monoisotopic (exact) mass is 588 g/mol. The summed E-state index contributed by atoms with van der Waals surface area (Å²) in [5, 5.41) is 2.88. The van der Waals surface area contributed by atoms with Crippen molar-refractivity contribution in [2.75, 3.05) is 30.7 Å². The number of hydrogen-bond donors (Lipinski definition) is 1. The van der Waals surface area contributed by atoms with E-state index in [1.165, 1.54) is 19.1 Å². The first-order valence-corrected chi connectivity index (χ1v) is 15.1. The molecule has 0 radical (unpaired) electrons. The summed E-state index contributed by atoms with van der Waals surface area (Å²) in [4.78, 5) is 57.1. The molecule has 1 N–H and O–H groups in total. The highest BCUT2D eigenvalue weighted by atomic mass is 32.2. The van der Waals surface area contributed by atoms with Crippen LogP contribution in [0.15, 0.2) is 78.9 Å². The lowest BCUT2D eigenvalue weighted by Gasteiger charge is -2.52. The van der Waals surface area contributed by atoms with Crippen LogP contribution in [0.25, 0.3) is 0 Å². The minimum atomic E-state index is -0.733. The summed E-state index contributed by atoms with van der Waals surface area (Å²) in [5.41, 5.74) is 2.95. The number of carbonyl (C=O) groups excluding carboxylic acids is 4. The largest absolute Gasteiger partial charge is 0.337 e. The van der Waals surface area contributed by atoms with Crippen LogP contribution in [0, 0.1) is 5.82 Å². The summed E-state index contributed by atoms with van der Waals surface area (Å²) in [6, 6.07) is 21.7. The van der Waals surface area contributed by atoms with Crippen molar-refractivity contribution in [2.24, 2.45) is 0 Å². The molecule has 2 atom stereocenters. The molecule has 0 aromatic heterocycles. The number of thioether (sulfide) groups is 1. The van der Waals surface area contributed by atoms with E-state index in [0.717, 1.165) is 11.1 Å². The molecule has 0 spiro atoms. The zero-order chi connectivity index (χ0) is 29.6. The third-order valence-corrected chi connectivity index (χ3v) is 8.69. The van der Waals surface area contributed by atoms with Gasteiger partial charge in [0.25, 0.3) is 0 Å². The number of hydrogen-bond acceptors (Lipinski definition) is 5. The highest BCUT2D eigenvalue weighted by Crippen LogP contribution is 2.29. The standard InChI is InChI=1S/C32H33FN4O4S/c1-22(38)25-10-12-27(13-11-25)34-32(41)36-17-15-30(39)37-28(21-42-20-24-6-3-2-4-7-24)31(40)35(19-29(36)37)16-14-23-8-5-9-26(33)18-23/h2-13,18,28-29H,14-17,19-21H2,1H3,(H,34,41)/t28-,29+/m0/s1. The van der Waals surface area contributed by atoms with Gasteiger partial charge in [0.2, 0.25) is 11.8 Å². The lowest BCUT2D eigenvalue weighted by molar-refractivity contribution is -0.164. The summed E-state index contributed by atoms with van der Waals surface area (Å²) >= 11 is 1.57. The number of Topliss-reactive ketones (excluding diaryl/α,β-unsaturated/α-hetero) is 1. The number of benzene rings is 3. The van der Waals surface area contributed by atoms with Crippen molar-refractivity contribution in [3.8, 4) is 0 Å². The lowest BCUT2D eigenvalue weighted by atomic mass is 10.0. The third kappa shape index (κ3) is 6.82. The number of nitrogens with one attached hydrogen (secondary N) is 1. The Morgan fingerprint density at radius 2 is 1.71 bits per heavy atom. The maximum Gasteiger partial charge on any atom is 0.323 e. The van der Waals surface area contributed by atoms with E-state index in [1.54, 1.807) is 56.8 Å². The maximum absolute atomic E-state index is 13.8. The maximum atomic E-state index is 13.8. The fourth-order valence-corrected chi connectivity index (χ4v) is 6.46. The van der Waals surface area contributed by atoms with Gasteiger partial charge in [-0.1, -0.05) is 42.5 Å². The van der Waals surface area contributed by atoms with Crippen molar-refractivity contribution in [1.29, 1.82) is 0 Å². The Morgan fingerprint density at radius 1 is 0.976 bits per heavy atom. The first kappa shape index (κ1) is 29.3. The highest BCUT2D eigenvalue weighted by Gasteiger charge is 2.48. The van der Waals surface area contributed by atoms with Gasteiger partial charge in [-0.15, -0.1) is 0 Å². The molecule has 5 rings (SSSR count). The van der Waals surface area contributed by atoms with Gasteiger partial charge in [0, 0.05) is 42.3 Å². The first-order chi connectivity index (χ1) is 20.3. The number of amides is 4. The predicted octanol–water partition coefficient (Wildman–Crippen LogP) is 4.81. The molecular formula is C32H33FN4O4S. The summed E-state index contributed by atoms with van der Waals surface area (Å²) in [6.07, 6.45) is -0.0814. The molecule has 3 aromatic carbocycles. The fourth-order valence-electron chi connectivity index (χ4n) is 5.39. The molecule has 2 heterocycles. The van der Waals surface area contributed by atoms with E-state index in [9.17, 15) is 23.6 Å². The average molecular weight is 589 g/mol. The van der Waals surface area contributed by atoms with Gasteiger partial charge in [-0.25, -0.2) is 9.18 Å². The molecular weight excluding hydrogens is 555 g/mol. The quantitative estimate of drug-likeness (QED) is 0.363. The summed E-state index contributed by atoms with van der Waals surface area (Å²) in [7, 11) is 0. The van der Waals surface area contributed by atoms with Crippen molar-refractivity contribution >= 4 is 41.1 Å². The molecule has 0 saturated carbocycles. The van der Waals surface area contributed by atoms with Crippen LogP contribution in [-0.2, 0) is 21.8 Å². The molecule has 2 fully saturated rings. The number of ketones is 1. The number of piperazine rings is 1. The molecule has 42 heavy (non-hydrogen) atoms. The molecule has 0 bridgehead atoms. The lowest BCUT2D eigenvalue weighted by Crippen LogP contribution is -2.72. The van der Waals surface area contributed by atoms with Crippen molar-refractivity contribution in [1.82, 2.24) is 14.7 Å². The molecule has 218 valence electrons. The van der Waals surface area contributed by atoms with Crippen LogP contribution < -0.4 is 5.32 Å². The van der Waals surface area contributed by atoms with Crippen LogP contribution in [0.4, 0.5) is 14.9 Å². The second kappa shape index (κ2) is 13.2. The summed E-state index contributed by atoms with van der Waals surface area (Å²) in [6.45, 7) is 2.19. The Hall–Kier alpha value is -4.18. The Morgan fingerprint density at radius 3 is 2.43 bits per heavy atom. The van der Waals surface area contributed by atoms with E-state index < -0.39 is 12.2 Å². The van der Waals surface area contributed by atoms with Crippen LogP contribution in [0.1, 0.15) is 34.8 Å². The van der Waals surface area contributed by atoms with Gasteiger partial charge < -0.3 is 20.0 Å². The molecule has 4 amide bonds. The van der Waals surface area contributed by atoms with Crippen LogP contribution in [-0.4, -0.2) is 75.9 Å². The van der Waals surface area contributed by atoms with Crippen molar-refractivity contribution in [3.05, 3.63) is 101 Å². The highest BCUT2D eigenvalue weighted by molar-refractivity contribution is 7.98. The number of anilines is 1. The van der Waals surface area contributed by atoms with E-state index in [0.29, 0.717) is 35.7 Å². The van der Waals surface area contributed by atoms with Gasteiger partial charge in [-0.05, 0) is 60.9 Å². The van der Waals surface area contributed by atoms with Crippen LogP contribution in [0.2, 0.25) is 0 Å². The van der Waals surface area contributed by atoms with E-state index >= 15 is 0 Å². The molecule has 0 aliphatic carbocycles. The molecule has 10 heteroatoms. The molecule has 0 unspecified atom stereocenters. The van der Waals surface area contributed by atoms with E-state index in [4.69, 9.17) is 0 Å². The smallest absolute Gasteiger partial charge is 0.323 e. The number of fused-ring (bicyclic) bond motifs is 1. The zero-order valence-corrected chi connectivity index (χ0v) is 24.2. The van der Waals surface area contributed by atoms with Crippen LogP contribution >= 0.6 is 11.8 Å². The third-order valence-electron chi connectivity index (χ3n) is 7.60. The van der Waals surface area contributed by atoms with E-state index in [-0.39, 0.29) is 49.0 Å². The van der Waals surface area contributed by atoms with Crippen molar-refractivity contribution < 1.29 is 23.6 Å². The number of nitrogens with zero attached hydrogens (tertiary/aromatic N) is 3. The summed E-state index contributed by atoms with van der Waals surface area (Å²) in [5.74, 6) is 0.336. The minimum Gasteiger partial charge on any atom is -0.337 e. The molecule has 2 aliphatic heterocycles. The second-order valence-corrected chi connectivity index (χ2v) is 11.5. The van der Waals surface area contributed by atoms with Gasteiger partial charge in [-0.3, -0.25) is 14.4 Å². The van der Waals surface area contributed by atoms with Gasteiger partial charge in [0.05, 0.1) is 6.54 Å². The van der Waals surface area contributed by atoms with E-state index in [2.05, 4.69) is 5.32 Å². The Labute approximate surface area is 248 Å². The number of urea groups is 1. The van der Waals surface area contributed by atoms with Gasteiger partial charge in [-0.2, -0.15) is 11.8 Å². The van der Waals surface area contributed by atoms with Gasteiger partial charge >= 0.3 is 6.03 Å². The normalized spacial score (nSPS) is 18.6. The Kier molecular flexibility index (Phi) is 9.22. The van der Waals surface area contributed by atoms with Crippen LogP contribution in [0.5, 0.6) is 0 Å².